The van der Waals surface area contributed by atoms with Crippen molar-refractivity contribution in [2.45, 2.75) is 68.6 Å². The van der Waals surface area contributed by atoms with Gasteiger partial charge in [-0.25, -0.2) is 22.8 Å². The Morgan fingerprint density at radius 3 is 2.37 bits per heavy atom. The molecule has 1 amide bonds. The van der Waals surface area contributed by atoms with Crippen molar-refractivity contribution in [2.24, 2.45) is 10.4 Å². The van der Waals surface area contributed by atoms with E-state index >= 15 is 0 Å². The summed E-state index contributed by atoms with van der Waals surface area (Å²) < 4.78 is 90.8. The minimum atomic E-state index is -4.96. The molecule has 8 nitrogen and oxygen atoms in total. The highest BCUT2D eigenvalue weighted by Gasteiger charge is 2.56. The molecule has 0 aromatic carbocycles. The quantitative estimate of drug-likeness (QED) is 0.453. The van der Waals surface area contributed by atoms with Crippen LogP contribution in [0.4, 0.5) is 22.0 Å². The second kappa shape index (κ2) is 7.61. The van der Waals surface area contributed by atoms with Crippen LogP contribution in [0.5, 0.6) is 0 Å². The molecule has 14 heteroatoms. The Labute approximate surface area is 197 Å². The number of carbonyl (C=O) groups excluding carboxylic acids is 1. The van der Waals surface area contributed by atoms with E-state index in [0.29, 0.717) is 17.6 Å². The van der Waals surface area contributed by atoms with Crippen molar-refractivity contribution in [3.63, 3.8) is 0 Å². The zero-order chi connectivity index (χ0) is 26.2. The van der Waals surface area contributed by atoms with E-state index in [1.165, 1.54) is 6.92 Å². The van der Waals surface area contributed by atoms with Gasteiger partial charge in [0.25, 0.3) is 5.91 Å². The molecule has 2 heterocycles. The molecule has 0 spiro atoms. The van der Waals surface area contributed by atoms with Gasteiger partial charge in [0, 0.05) is 43.3 Å². The second-order valence-corrected chi connectivity index (χ2v) is 12.2. The number of hydrogen-bond donors (Lipinski definition) is 2. The van der Waals surface area contributed by atoms with E-state index < -0.39 is 67.7 Å². The topological polar surface area (TPSA) is 113 Å². The fourth-order valence-electron chi connectivity index (χ4n) is 4.57. The monoisotopic (exact) mass is 521 g/mol. The van der Waals surface area contributed by atoms with Crippen LogP contribution in [-0.2, 0) is 27.9 Å². The van der Waals surface area contributed by atoms with Crippen LogP contribution >= 0.6 is 0 Å². The average Bonchev–Trinajstić information content (AvgIpc) is 3.27. The first-order valence-corrected chi connectivity index (χ1v) is 12.6. The first-order chi connectivity index (χ1) is 15.8. The third kappa shape index (κ3) is 4.84. The lowest BCUT2D eigenvalue weighted by Crippen LogP contribution is -2.47. The Morgan fingerprint density at radius 1 is 1.29 bits per heavy atom. The van der Waals surface area contributed by atoms with Gasteiger partial charge in [0.2, 0.25) is 5.92 Å². The van der Waals surface area contributed by atoms with Crippen molar-refractivity contribution >= 4 is 15.6 Å². The Kier molecular flexibility index (Phi) is 5.51. The standard InChI is InChI=1S/C21H24F5N5O3S/c1-18(9-20(22,23)10-18)11-30-15(14(21(24,25)26)16(29-30)19(2)5-6-19)17(32)28-12-4-7-31(33)13(8-12)35(3,27)34/h4,7-8,27,33H,5-6,9-11H2,1-3H3. The van der Waals surface area contributed by atoms with Crippen LogP contribution in [0.25, 0.3) is 0 Å². The van der Waals surface area contributed by atoms with E-state index in [2.05, 4.69) is 10.1 Å². The molecule has 2 aliphatic rings. The van der Waals surface area contributed by atoms with E-state index in [1.54, 1.807) is 6.92 Å². The number of alkyl halides is 5. The Balaban J connectivity index is 1.88. The van der Waals surface area contributed by atoms with E-state index in [4.69, 9.17) is 4.78 Å². The Morgan fingerprint density at radius 2 is 1.89 bits per heavy atom. The fraction of sp³-hybridized carbons (Fsp3) is 0.571. The molecule has 35 heavy (non-hydrogen) atoms. The fourth-order valence-corrected chi connectivity index (χ4v) is 5.33. The predicted octanol–water partition coefficient (Wildman–Crippen LogP) is 4.20. The molecular formula is C21H24F5N5O3S. The lowest BCUT2D eigenvalue weighted by atomic mass is 9.67. The number of amides is 1. The molecular weight excluding hydrogens is 497 g/mol. The normalized spacial score (nSPS) is 22.3. The number of aromatic nitrogens is 3. The van der Waals surface area contributed by atoms with E-state index in [0.717, 1.165) is 29.3 Å². The van der Waals surface area contributed by atoms with Crippen LogP contribution in [0.2, 0.25) is 0 Å². The van der Waals surface area contributed by atoms with Crippen molar-refractivity contribution in [1.82, 2.24) is 14.5 Å². The summed E-state index contributed by atoms with van der Waals surface area (Å²) in [5, 5.41) is 13.2. The van der Waals surface area contributed by atoms with E-state index in [1.807, 2.05) is 0 Å². The summed E-state index contributed by atoms with van der Waals surface area (Å²) in [5.41, 5.74) is -4.37. The van der Waals surface area contributed by atoms with Crippen LogP contribution < -0.4 is 5.36 Å². The van der Waals surface area contributed by atoms with Gasteiger partial charge in [0.05, 0.1) is 20.8 Å². The molecule has 2 saturated carbocycles. The SMILES string of the molecule is CC1(Cn2nc(C3(C)CC3)c(C(F)(F)F)c2C(=O)N=c2ccn(O)c(S(C)(=N)=O)c2)CC(F)(F)C1. The van der Waals surface area contributed by atoms with Crippen LogP contribution in [-0.4, -0.2) is 42.0 Å². The molecule has 1 unspecified atom stereocenters. The van der Waals surface area contributed by atoms with Crippen molar-refractivity contribution in [3.05, 3.63) is 40.6 Å². The predicted molar refractivity (Wildman–Crippen MR) is 113 cm³/mol. The highest BCUT2D eigenvalue weighted by atomic mass is 32.2. The Bertz CT molecular complexity index is 1380. The molecule has 0 bridgehead atoms. The van der Waals surface area contributed by atoms with Crippen LogP contribution in [0.3, 0.4) is 0 Å². The highest BCUT2D eigenvalue weighted by molar-refractivity contribution is 7.91. The molecule has 0 saturated heterocycles. The largest absolute Gasteiger partial charge is 0.428 e. The maximum Gasteiger partial charge on any atom is 0.420 e. The number of hydrogen-bond acceptors (Lipinski definition) is 5. The van der Waals surface area contributed by atoms with Crippen LogP contribution in [0.15, 0.2) is 28.3 Å². The smallest absolute Gasteiger partial charge is 0.420 e. The first kappa shape index (κ1) is 25.3. The number of rotatable bonds is 5. The van der Waals surface area contributed by atoms with Gasteiger partial charge < -0.3 is 5.21 Å². The molecule has 2 fully saturated rings. The van der Waals surface area contributed by atoms with Gasteiger partial charge in [-0.3, -0.25) is 9.48 Å². The molecule has 4 rings (SSSR count). The number of nitrogens with one attached hydrogen (secondary N) is 1. The van der Waals surface area contributed by atoms with Gasteiger partial charge in [-0.05, 0) is 24.3 Å². The zero-order valence-electron chi connectivity index (χ0n) is 19.1. The van der Waals surface area contributed by atoms with Crippen LogP contribution in [0.1, 0.15) is 61.3 Å². The maximum absolute atomic E-state index is 14.2. The minimum Gasteiger partial charge on any atom is -0.428 e. The maximum atomic E-state index is 14.2. The second-order valence-electron chi connectivity index (χ2n) is 10.1. The molecule has 2 N–H and O–H groups in total. The number of nitrogens with zero attached hydrogens (tertiary/aromatic N) is 4. The minimum absolute atomic E-state index is 0.237. The molecule has 2 aromatic rings. The van der Waals surface area contributed by atoms with E-state index in [-0.39, 0.29) is 17.6 Å². The Hall–Kier alpha value is -2.77. The summed E-state index contributed by atoms with van der Waals surface area (Å²) in [6.45, 7) is 2.76. The van der Waals surface area contributed by atoms with Crippen LogP contribution in [0, 0.1) is 10.2 Å². The summed E-state index contributed by atoms with van der Waals surface area (Å²) in [4.78, 5) is 16.9. The summed E-state index contributed by atoms with van der Waals surface area (Å²) in [6.07, 6.45) is -3.24. The molecule has 2 aromatic heterocycles. The summed E-state index contributed by atoms with van der Waals surface area (Å²) in [5.74, 6) is -4.25. The lowest BCUT2D eigenvalue weighted by molar-refractivity contribution is -0.160. The highest BCUT2D eigenvalue weighted by Crippen LogP contribution is 2.54. The number of pyridine rings is 1. The summed E-state index contributed by atoms with van der Waals surface area (Å²) in [6, 6.07) is 2.05. The summed E-state index contributed by atoms with van der Waals surface area (Å²) in [7, 11) is -3.46. The molecule has 2 aliphatic carbocycles. The number of carbonyl (C=O) groups is 1. The molecule has 192 valence electrons. The molecule has 1 atom stereocenters. The van der Waals surface area contributed by atoms with Crippen molar-refractivity contribution in [2.75, 3.05) is 6.26 Å². The number of halogens is 5. The van der Waals surface area contributed by atoms with Gasteiger partial charge >= 0.3 is 6.18 Å². The zero-order valence-corrected chi connectivity index (χ0v) is 19.9. The lowest BCUT2D eigenvalue weighted by Gasteiger charge is -2.44. The molecule has 0 radical (unpaired) electrons. The average molecular weight is 522 g/mol. The van der Waals surface area contributed by atoms with Crippen molar-refractivity contribution in [1.29, 1.82) is 4.78 Å². The van der Waals surface area contributed by atoms with Crippen molar-refractivity contribution in [3.8, 4) is 0 Å². The van der Waals surface area contributed by atoms with Gasteiger partial charge in [0.15, 0.2) is 5.03 Å². The van der Waals surface area contributed by atoms with Gasteiger partial charge in [-0.1, -0.05) is 13.8 Å². The third-order valence-corrected chi connectivity index (χ3v) is 7.53. The van der Waals surface area contributed by atoms with Crippen molar-refractivity contribution < 1.29 is 36.2 Å². The van der Waals surface area contributed by atoms with Gasteiger partial charge in [-0.2, -0.15) is 23.0 Å². The van der Waals surface area contributed by atoms with Gasteiger partial charge in [-0.15, -0.1) is 0 Å². The summed E-state index contributed by atoms with van der Waals surface area (Å²) >= 11 is 0. The van der Waals surface area contributed by atoms with E-state index in [9.17, 15) is 36.2 Å². The first-order valence-electron chi connectivity index (χ1n) is 10.6. The molecule has 0 aliphatic heterocycles. The third-order valence-electron chi connectivity index (χ3n) is 6.43. The van der Waals surface area contributed by atoms with Gasteiger partial charge in [0.1, 0.15) is 11.3 Å².